The van der Waals surface area contributed by atoms with Crippen molar-refractivity contribution in [1.82, 2.24) is 5.32 Å². The van der Waals surface area contributed by atoms with Gasteiger partial charge in [-0.1, -0.05) is 15.9 Å². The molecule has 0 bridgehead atoms. The van der Waals surface area contributed by atoms with E-state index in [1.54, 1.807) is 7.11 Å². The lowest BCUT2D eigenvalue weighted by atomic mass is 9.99. The quantitative estimate of drug-likeness (QED) is 0.624. The zero-order valence-corrected chi connectivity index (χ0v) is 13.8. The molecule has 2 nitrogen and oxygen atoms in total. The summed E-state index contributed by atoms with van der Waals surface area (Å²) in [6.45, 7) is 8.07. The molecule has 0 spiro atoms. The third-order valence-electron chi connectivity index (χ3n) is 3.28. The first-order valence-electron chi connectivity index (χ1n) is 6.13. The van der Waals surface area contributed by atoms with Crippen molar-refractivity contribution in [3.05, 3.63) is 26.7 Å². The zero-order valence-electron chi connectivity index (χ0n) is 11.5. The molecule has 0 aliphatic heterocycles. The van der Waals surface area contributed by atoms with Crippen LogP contribution >= 0.6 is 27.5 Å². The van der Waals surface area contributed by atoms with E-state index in [9.17, 15) is 0 Å². The number of methoxy groups -OCH3 is 1. The van der Waals surface area contributed by atoms with Gasteiger partial charge in [0.25, 0.3) is 0 Å². The summed E-state index contributed by atoms with van der Waals surface area (Å²) in [5.41, 5.74) is 4.91. The van der Waals surface area contributed by atoms with Gasteiger partial charge in [-0.05, 0) is 50.4 Å². The van der Waals surface area contributed by atoms with Gasteiger partial charge in [0.05, 0.1) is 7.11 Å². The molecule has 0 amide bonds. The van der Waals surface area contributed by atoms with E-state index in [0.29, 0.717) is 5.88 Å². The van der Waals surface area contributed by atoms with Crippen LogP contribution in [0.3, 0.4) is 0 Å². The first-order chi connectivity index (χ1) is 8.54. The minimum absolute atomic E-state index is 0.694. The smallest absolute Gasteiger partial charge is 0.126 e. The molecule has 4 heteroatoms. The second kappa shape index (κ2) is 7.37. The van der Waals surface area contributed by atoms with E-state index in [2.05, 4.69) is 42.0 Å². The van der Waals surface area contributed by atoms with Crippen LogP contribution in [0.25, 0.3) is 0 Å². The molecule has 18 heavy (non-hydrogen) atoms. The highest BCUT2D eigenvalue weighted by atomic mass is 79.9. The van der Waals surface area contributed by atoms with Crippen molar-refractivity contribution < 1.29 is 4.74 Å². The molecule has 0 radical (unpaired) electrons. The van der Waals surface area contributed by atoms with Gasteiger partial charge in [0.2, 0.25) is 0 Å². The van der Waals surface area contributed by atoms with Gasteiger partial charge in [-0.25, -0.2) is 0 Å². The van der Waals surface area contributed by atoms with Crippen LogP contribution in [-0.4, -0.2) is 19.5 Å². The Labute approximate surface area is 123 Å². The topological polar surface area (TPSA) is 21.3 Å². The molecule has 0 aliphatic rings. The normalized spacial score (nSPS) is 10.8. The number of ether oxygens (including phenoxy) is 1. The number of halogens is 2. The summed E-state index contributed by atoms with van der Waals surface area (Å²) in [6, 6.07) is 0. The molecule has 102 valence electrons. The Morgan fingerprint density at radius 1 is 1.17 bits per heavy atom. The first-order valence-corrected chi connectivity index (χ1v) is 7.46. The Morgan fingerprint density at radius 3 is 2.39 bits per heavy atom. The molecule has 1 aromatic carbocycles. The summed E-state index contributed by atoms with van der Waals surface area (Å²) < 4.78 is 6.74. The molecular weight excluding hydrogens is 314 g/mol. The van der Waals surface area contributed by atoms with E-state index >= 15 is 0 Å². The Hall–Kier alpha value is -0.250. The average Bonchev–Trinajstić information content (AvgIpc) is 2.38. The van der Waals surface area contributed by atoms with Crippen LogP contribution < -0.4 is 10.1 Å². The lowest BCUT2D eigenvalue weighted by molar-refractivity contribution is 0.403. The standard InChI is InChI=1S/C14H21BrClNO/c1-9-10(2)14(18-4)12(11(3)13(9)15)8-17-7-5-6-16/h17H,5-8H2,1-4H3. The number of alkyl halides is 1. The fourth-order valence-electron chi connectivity index (χ4n) is 2.04. The molecule has 0 aliphatic carbocycles. The molecule has 1 N–H and O–H groups in total. The second-order valence-corrected chi connectivity index (χ2v) is 5.59. The van der Waals surface area contributed by atoms with Crippen molar-refractivity contribution in [3.8, 4) is 5.75 Å². The Balaban J connectivity index is 3.01. The van der Waals surface area contributed by atoms with E-state index in [1.807, 2.05) is 0 Å². The summed E-state index contributed by atoms with van der Waals surface area (Å²) in [5, 5.41) is 3.41. The van der Waals surface area contributed by atoms with Crippen LogP contribution in [0.15, 0.2) is 4.47 Å². The minimum atomic E-state index is 0.694. The van der Waals surface area contributed by atoms with Gasteiger partial charge in [-0.2, -0.15) is 0 Å². The Kier molecular flexibility index (Phi) is 6.47. The summed E-state index contributed by atoms with van der Waals surface area (Å²) in [5.74, 6) is 1.69. The highest BCUT2D eigenvalue weighted by Gasteiger charge is 2.16. The van der Waals surface area contributed by atoms with E-state index in [1.165, 1.54) is 26.7 Å². The van der Waals surface area contributed by atoms with Crippen LogP contribution in [0.1, 0.15) is 28.7 Å². The van der Waals surface area contributed by atoms with Crippen LogP contribution in [0.5, 0.6) is 5.75 Å². The molecule has 1 rings (SSSR count). The molecule has 0 saturated heterocycles. The molecule has 0 saturated carbocycles. The van der Waals surface area contributed by atoms with Gasteiger partial charge in [-0.15, -0.1) is 11.6 Å². The largest absolute Gasteiger partial charge is 0.496 e. The lowest BCUT2D eigenvalue weighted by Gasteiger charge is -2.19. The monoisotopic (exact) mass is 333 g/mol. The third-order valence-corrected chi connectivity index (χ3v) is 4.74. The van der Waals surface area contributed by atoms with Crippen molar-refractivity contribution >= 4 is 27.5 Å². The summed E-state index contributed by atoms with van der Waals surface area (Å²) in [6.07, 6.45) is 0.981. The van der Waals surface area contributed by atoms with Crippen LogP contribution in [0, 0.1) is 20.8 Å². The van der Waals surface area contributed by atoms with Crippen molar-refractivity contribution in [2.24, 2.45) is 0 Å². The second-order valence-electron chi connectivity index (χ2n) is 4.42. The Bertz CT molecular complexity index is 421. The average molecular weight is 335 g/mol. The molecule has 0 fully saturated rings. The van der Waals surface area contributed by atoms with Gasteiger partial charge < -0.3 is 10.1 Å². The van der Waals surface area contributed by atoms with Gasteiger partial charge in [0, 0.05) is 22.5 Å². The molecule has 0 atom stereocenters. The predicted octanol–water partition coefficient (Wildman–Crippen LogP) is 4.10. The van der Waals surface area contributed by atoms with Crippen LogP contribution in [0.2, 0.25) is 0 Å². The molecule has 0 unspecified atom stereocenters. The maximum atomic E-state index is 5.67. The van der Waals surface area contributed by atoms with Gasteiger partial charge in [-0.3, -0.25) is 0 Å². The van der Waals surface area contributed by atoms with Crippen LogP contribution in [0.4, 0.5) is 0 Å². The predicted molar refractivity (Wildman–Crippen MR) is 81.9 cm³/mol. The van der Waals surface area contributed by atoms with Gasteiger partial charge in [0.15, 0.2) is 0 Å². The van der Waals surface area contributed by atoms with Gasteiger partial charge in [0.1, 0.15) is 5.75 Å². The summed E-state index contributed by atoms with van der Waals surface area (Å²) in [4.78, 5) is 0. The first kappa shape index (κ1) is 15.8. The number of nitrogens with one attached hydrogen (secondary N) is 1. The lowest BCUT2D eigenvalue weighted by Crippen LogP contribution is -2.17. The number of hydrogen-bond acceptors (Lipinski definition) is 2. The molecular formula is C14H21BrClNO. The van der Waals surface area contributed by atoms with Crippen molar-refractivity contribution in [3.63, 3.8) is 0 Å². The molecule has 1 aromatic rings. The van der Waals surface area contributed by atoms with Gasteiger partial charge >= 0.3 is 0 Å². The van der Waals surface area contributed by atoms with E-state index < -0.39 is 0 Å². The fraction of sp³-hybridized carbons (Fsp3) is 0.571. The minimum Gasteiger partial charge on any atom is -0.496 e. The van der Waals surface area contributed by atoms with E-state index in [4.69, 9.17) is 16.3 Å². The zero-order chi connectivity index (χ0) is 13.7. The van der Waals surface area contributed by atoms with E-state index in [-0.39, 0.29) is 0 Å². The third kappa shape index (κ3) is 3.40. The van der Waals surface area contributed by atoms with Crippen molar-refractivity contribution in [2.75, 3.05) is 19.5 Å². The highest BCUT2D eigenvalue weighted by Crippen LogP contribution is 2.35. The number of hydrogen-bond donors (Lipinski definition) is 1. The number of benzene rings is 1. The maximum absolute atomic E-state index is 5.67. The SMILES string of the molecule is COc1c(C)c(C)c(Br)c(C)c1CNCCCCl. The fourth-order valence-corrected chi connectivity index (χ4v) is 2.71. The number of rotatable bonds is 6. The Morgan fingerprint density at radius 2 is 1.83 bits per heavy atom. The van der Waals surface area contributed by atoms with E-state index in [0.717, 1.165) is 25.3 Å². The van der Waals surface area contributed by atoms with Crippen molar-refractivity contribution in [2.45, 2.75) is 33.7 Å². The highest BCUT2D eigenvalue weighted by molar-refractivity contribution is 9.10. The molecule has 0 heterocycles. The summed E-state index contributed by atoms with van der Waals surface area (Å²) in [7, 11) is 1.73. The van der Waals surface area contributed by atoms with Crippen molar-refractivity contribution in [1.29, 1.82) is 0 Å². The molecule has 0 aromatic heterocycles. The summed E-state index contributed by atoms with van der Waals surface area (Å²) >= 11 is 9.33. The van der Waals surface area contributed by atoms with Crippen LogP contribution in [-0.2, 0) is 6.54 Å². The maximum Gasteiger partial charge on any atom is 0.126 e.